The number of nitrogens with one attached hydrogen (secondary N) is 1. The van der Waals surface area contributed by atoms with Crippen molar-refractivity contribution in [1.29, 1.82) is 0 Å². The second-order valence-corrected chi connectivity index (χ2v) is 5.78. The Labute approximate surface area is 139 Å². The van der Waals surface area contributed by atoms with Crippen LogP contribution in [0.4, 0.5) is 0 Å². The number of carbonyl (C=O) groups excluding carboxylic acids is 1. The zero-order chi connectivity index (χ0) is 16.9. The van der Waals surface area contributed by atoms with Crippen LogP contribution >= 0.6 is 0 Å². The molecule has 1 amide bonds. The van der Waals surface area contributed by atoms with Crippen LogP contribution in [0.25, 0.3) is 10.8 Å². The fraction of sp³-hybridized carbons (Fsp3) is 0.333. The standard InChI is InChI=1S/C18H20N4O2/c1-2-22-18(24)15-11-7-6-10-14(15)16(21-22)17(23)20-19-12-13-8-4-3-5-9-13/h3-4,6-7,10-13H,2,5,8-9H2,1H3,(H,20,23)/b19-12-/t13-/m1/s1. The first-order chi connectivity index (χ1) is 11.7. The molecule has 1 atom stereocenters. The summed E-state index contributed by atoms with van der Waals surface area (Å²) in [6.45, 7) is 2.22. The molecule has 1 aromatic carbocycles. The summed E-state index contributed by atoms with van der Waals surface area (Å²) in [5.74, 6) is -0.0550. The maximum Gasteiger partial charge on any atom is 0.292 e. The van der Waals surface area contributed by atoms with Crippen molar-refractivity contribution in [2.45, 2.75) is 32.7 Å². The van der Waals surface area contributed by atoms with Crippen molar-refractivity contribution in [3.63, 3.8) is 0 Å². The minimum Gasteiger partial charge on any atom is -0.267 e. The van der Waals surface area contributed by atoms with E-state index in [1.165, 1.54) is 4.68 Å². The van der Waals surface area contributed by atoms with Crippen molar-refractivity contribution in [2.75, 3.05) is 0 Å². The number of allylic oxidation sites excluding steroid dienone is 2. The fourth-order valence-electron chi connectivity index (χ4n) is 2.82. The molecule has 2 aromatic rings. The third-order valence-electron chi connectivity index (χ3n) is 4.14. The van der Waals surface area contributed by atoms with Crippen LogP contribution in [-0.4, -0.2) is 21.9 Å². The Hall–Kier alpha value is -2.76. The zero-order valence-corrected chi connectivity index (χ0v) is 13.6. The average Bonchev–Trinajstić information content (AvgIpc) is 2.63. The molecule has 1 aromatic heterocycles. The molecule has 24 heavy (non-hydrogen) atoms. The van der Waals surface area contributed by atoms with Crippen molar-refractivity contribution < 1.29 is 4.79 Å². The van der Waals surface area contributed by atoms with Crippen molar-refractivity contribution in [3.8, 4) is 0 Å². The second kappa shape index (κ2) is 7.21. The van der Waals surface area contributed by atoms with Crippen LogP contribution in [0.1, 0.15) is 36.7 Å². The number of rotatable bonds is 4. The number of aryl methyl sites for hydroxylation is 1. The molecule has 124 valence electrons. The fourth-order valence-corrected chi connectivity index (χ4v) is 2.82. The van der Waals surface area contributed by atoms with Gasteiger partial charge in [0.2, 0.25) is 0 Å². The van der Waals surface area contributed by atoms with E-state index in [9.17, 15) is 9.59 Å². The summed E-state index contributed by atoms with van der Waals surface area (Å²) in [6.07, 6.45) is 9.10. The lowest BCUT2D eigenvalue weighted by molar-refractivity contribution is 0.0949. The van der Waals surface area contributed by atoms with E-state index in [0.29, 0.717) is 23.2 Å². The van der Waals surface area contributed by atoms with E-state index < -0.39 is 5.91 Å². The quantitative estimate of drug-likeness (QED) is 0.533. The summed E-state index contributed by atoms with van der Waals surface area (Å²) in [5, 5.41) is 9.29. The van der Waals surface area contributed by atoms with Gasteiger partial charge in [0.1, 0.15) is 0 Å². The minimum absolute atomic E-state index is 0.192. The molecule has 1 heterocycles. The van der Waals surface area contributed by atoms with E-state index in [2.05, 4.69) is 27.8 Å². The van der Waals surface area contributed by atoms with Gasteiger partial charge >= 0.3 is 0 Å². The highest BCUT2D eigenvalue weighted by Gasteiger charge is 2.16. The van der Waals surface area contributed by atoms with Gasteiger partial charge in [-0.3, -0.25) is 9.59 Å². The van der Waals surface area contributed by atoms with Crippen molar-refractivity contribution >= 4 is 22.9 Å². The lowest BCUT2D eigenvalue weighted by Gasteiger charge is -2.12. The Kier molecular flexibility index (Phi) is 4.84. The first-order valence-electron chi connectivity index (χ1n) is 8.19. The average molecular weight is 324 g/mol. The maximum absolute atomic E-state index is 12.5. The lowest BCUT2D eigenvalue weighted by atomic mass is 9.96. The topological polar surface area (TPSA) is 76.3 Å². The van der Waals surface area contributed by atoms with Gasteiger partial charge in [-0.2, -0.15) is 10.2 Å². The van der Waals surface area contributed by atoms with Crippen LogP contribution < -0.4 is 11.0 Å². The highest BCUT2D eigenvalue weighted by molar-refractivity contribution is 6.04. The van der Waals surface area contributed by atoms with E-state index >= 15 is 0 Å². The molecular weight excluding hydrogens is 304 g/mol. The number of hydrogen-bond acceptors (Lipinski definition) is 4. The van der Waals surface area contributed by atoms with Gasteiger partial charge in [-0.1, -0.05) is 30.4 Å². The van der Waals surface area contributed by atoms with Gasteiger partial charge in [-0.25, -0.2) is 10.1 Å². The summed E-state index contributed by atoms with van der Waals surface area (Å²) in [7, 11) is 0. The van der Waals surface area contributed by atoms with E-state index in [0.717, 1.165) is 19.3 Å². The van der Waals surface area contributed by atoms with Crippen molar-refractivity contribution in [2.24, 2.45) is 11.0 Å². The maximum atomic E-state index is 12.5. The van der Waals surface area contributed by atoms with Crippen LogP contribution in [0, 0.1) is 5.92 Å². The molecule has 0 bridgehead atoms. The van der Waals surface area contributed by atoms with Crippen molar-refractivity contribution in [3.05, 3.63) is 52.5 Å². The number of benzene rings is 1. The molecule has 0 unspecified atom stereocenters. The predicted octanol–water partition coefficient (Wildman–Crippen LogP) is 2.49. The van der Waals surface area contributed by atoms with E-state index in [4.69, 9.17) is 0 Å². The zero-order valence-electron chi connectivity index (χ0n) is 13.6. The minimum atomic E-state index is -0.406. The first kappa shape index (κ1) is 16.1. The molecule has 0 saturated heterocycles. The number of hydrazone groups is 1. The Bertz CT molecular complexity index is 867. The van der Waals surface area contributed by atoms with Gasteiger partial charge in [0.05, 0.1) is 5.39 Å². The number of fused-ring (bicyclic) bond motifs is 1. The van der Waals surface area contributed by atoms with Gasteiger partial charge in [0, 0.05) is 18.1 Å². The summed E-state index contributed by atoms with van der Waals surface area (Å²) in [6, 6.07) is 7.00. The SMILES string of the molecule is CCn1nc(C(=O)N/N=C\[C@@H]2CC=CCC2)c2ccccc2c1=O. The Morgan fingerprint density at radius 1 is 1.38 bits per heavy atom. The van der Waals surface area contributed by atoms with E-state index in [1.54, 1.807) is 30.5 Å². The normalized spacial score (nSPS) is 17.5. The van der Waals surface area contributed by atoms with Crippen molar-refractivity contribution in [1.82, 2.24) is 15.2 Å². The third kappa shape index (κ3) is 3.27. The molecule has 3 rings (SSSR count). The van der Waals surface area contributed by atoms with E-state index in [-0.39, 0.29) is 11.3 Å². The van der Waals surface area contributed by atoms with Crippen LogP contribution in [0.3, 0.4) is 0 Å². The monoisotopic (exact) mass is 324 g/mol. The number of amides is 1. The summed E-state index contributed by atoms with van der Waals surface area (Å²) in [4.78, 5) is 24.8. The predicted molar refractivity (Wildman–Crippen MR) is 94.1 cm³/mol. The molecule has 0 spiro atoms. The van der Waals surface area contributed by atoms with Crippen LogP contribution in [0.15, 0.2) is 46.3 Å². The number of carbonyl (C=O) groups is 1. The highest BCUT2D eigenvalue weighted by Crippen LogP contribution is 2.16. The lowest BCUT2D eigenvalue weighted by Crippen LogP contribution is -2.28. The molecule has 0 fully saturated rings. The molecule has 1 N–H and O–H groups in total. The second-order valence-electron chi connectivity index (χ2n) is 5.78. The van der Waals surface area contributed by atoms with Crippen LogP contribution in [0.5, 0.6) is 0 Å². The third-order valence-corrected chi connectivity index (χ3v) is 4.14. The van der Waals surface area contributed by atoms with Gasteiger partial charge in [-0.05, 0) is 38.2 Å². The smallest absolute Gasteiger partial charge is 0.267 e. The summed E-state index contributed by atoms with van der Waals surface area (Å²) >= 11 is 0. The largest absolute Gasteiger partial charge is 0.292 e. The number of nitrogens with zero attached hydrogens (tertiary/aromatic N) is 3. The van der Waals surface area contributed by atoms with E-state index in [1.807, 2.05) is 6.92 Å². The molecule has 1 aliphatic carbocycles. The van der Waals surface area contributed by atoms with Crippen LogP contribution in [-0.2, 0) is 6.54 Å². The highest BCUT2D eigenvalue weighted by atomic mass is 16.2. The Morgan fingerprint density at radius 3 is 2.88 bits per heavy atom. The molecule has 1 aliphatic rings. The summed E-state index contributed by atoms with van der Waals surface area (Å²) < 4.78 is 1.30. The Morgan fingerprint density at radius 2 is 2.17 bits per heavy atom. The van der Waals surface area contributed by atoms with Crippen LogP contribution in [0.2, 0.25) is 0 Å². The molecule has 0 saturated carbocycles. The van der Waals surface area contributed by atoms with Gasteiger partial charge in [0.25, 0.3) is 11.5 Å². The van der Waals surface area contributed by atoms with Gasteiger partial charge in [0.15, 0.2) is 5.69 Å². The number of aromatic nitrogens is 2. The van der Waals surface area contributed by atoms with Gasteiger partial charge < -0.3 is 0 Å². The summed E-state index contributed by atoms with van der Waals surface area (Å²) in [5.41, 5.74) is 2.56. The van der Waals surface area contributed by atoms with Gasteiger partial charge in [-0.15, -0.1) is 0 Å². The molecular formula is C18H20N4O2. The number of hydrogen-bond donors (Lipinski definition) is 1. The molecule has 6 heteroatoms. The molecule has 6 nitrogen and oxygen atoms in total. The molecule has 0 aliphatic heterocycles. The Balaban J connectivity index is 1.86. The molecule has 0 radical (unpaired) electrons. The first-order valence-corrected chi connectivity index (χ1v) is 8.19.